The van der Waals surface area contributed by atoms with Crippen molar-refractivity contribution in [2.24, 2.45) is 15.8 Å². The zero-order valence-corrected chi connectivity index (χ0v) is 18.0. The number of nitrogens with two attached hydrogens (primary N) is 2. The van der Waals surface area contributed by atoms with E-state index in [1.807, 2.05) is 45.2 Å². The summed E-state index contributed by atoms with van der Waals surface area (Å²) < 4.78 is 1.03. The lowest BCUT2D eigenvalue weighted by atomic mass is 10.2. The van der Waals surface area contributed by atoms with Crippen molar-refractivity contribution in [1.82, 2.24) is 10.3 Å². The number of hydrogen-bond acceptors (Lipinski definition) is 8. The van der Waals surface area contributed by atoms with Crippen LogP contribution in [0.3, 0.4) is 0 Å². The Morgan fingerprint density at radius 1 is 1.36 bits per heavy atom. The molecule has 0 amide bonds. The van der Waals surface area contributed by atoms with Crippen molar-refractivity contribution in [3.8, 4) is 0 Å². The largest absolute Gasteiger partial charge is 0.375 e. The Morgan fingerprint density at radius 3 is 2.68 bits per heavy atom. The van der Waals surface area contributed by atoms with Crippen LogP contribution in [0.5, 0.6) is 0 Å². The molecule has 1 aromatic carbocycles. The number of hydrogen-bond donors (Lipinski definition) is 4. The zero-order chi connectivity index (χ0) is 21.4. The lowest BCUT2D eigenvalue weighted by Gasteiger charge is -2.05. The first kappa shape index (κ1) is 25.2. The summed E-state index contributed by atoms with van der Waals surface area (Å²) in [4.78, 5) is 18.3. The standard InChI is InChI=1S/C11H12N4OS.C6H13N3.C2H6/c1-6(5-16)14-15-8-3-4-9-10(7(8)2)17-11(12)13-9;1-8-6-9-5-3-2-4-7;1-2/h3-5,15H,1-2H3,(H2,12,13);3,5-6H,2,4,7H2,1H3,(H,8,9);1-2H3/b14-6+;5-3+;. The molecule has 2 rings (SSSR count). The zero-order valence-electron chi connectivity index (χ0n) is 17.2. The Morgan fingerprint density at radius 2 is 2.07 bits per heavy atom. The lowest BCUT2D eigenvalue weighted by molar-refractivity contribution is -0.102. The van der Waals surface area contributed by atoms with Gasteiger partial charge in [-0.1, -0.05) is 31.3 Å². The van der Waals surface area contributed by atoms with Crippen molar-refractivity contribution in [3.05, 3.63) is 30.0 Å². The molecular weight excluding hydrogens is 374 g/mol. The number of fused-ring (bicyclic) bond motifs is 1. The fraction of sp³-hybridized carbons (Fsp3) is 0.368. The van der Waals surface area contributed by atoms with Crippen LogP contribution in [0.25, 0.3) is 10.2 Å². The summed E-state index contributed by atoms with van der Waals surface area (Å²) in [6.07, 6.45) is 7.00. The minimum Gasteiger partial charge on any atom is -0.375 e. The fourth-order valence-corrected chi connectivity index (χ4v) is 2.64. The molecule has 0 spiro atoms. The van der Waals surface area contributed by atoms with Crippen LogP contribution in [-0.4, -0.2) is 36.9 Å². The van der Waals surface area contributed by atoms with Crippen molar-refractivity contribution >= 4 is 50.7 Å². The van der Waals surface area contributed by atoms with Crippen LogP contribution >= 0.6 is 11.3 Å². The third kappa shape index (κ3) is 9.24. The number of nitrogens with zero attached hydrogens (tertiary/aromatic N) is 3. The summed E-state index contributed by atoms with van der Waals surface area (Å²) in [5.74, 6) is 0. The highest BCUT2D eigenvalue weighted by Crippen LogP contribution is 2.31. The van der Waals surface area contributed by atoms with E-state index in [2.05, 4.69) is 25.8 Å². The van der Waals surface area contributed by atoms with Crippen molar-refractivity contribution in [2.45, 2.75) is 34.1 Å². The molecule has 2 aromatic rings. The molecular formula is C19H31N7OS. The van der Waals surface area contributed by atoms with E-state index >= 15 is 0 Å². The quantitative estimate of drug-likeness (QED) is 0.242. The fourth-order valence-electron chi connectivity index (χ4n) is 1.80. The Hall–Kier alpha value is -2.78. The van der Waals surface area contributed by atoms with E-state index in [1.165, 1.54) is 11.3 Å². The number of hydrazone groups is 1. The number of benzene rings is 1. The van der Waals surface area contributed by atoms with Gasteiger partial charge in [0.25, 0.3) is 0 Å². The van der Waals surface area contributed by atoms with Gasteiger partial charge in [0, 0.05) is 7.05 Å². The second kappa shape index (κ2) is 15.3. The molecule has 0 aliphatic heterocycles. The van der Waals surface area contributed by atoms with E-state index in [1.54, 1.807) is 20.3 Å². The molecule has 1 aromatic heterocycles. The van der Waals surface area contributed by atoms with Crippen LogP contribution in [0.4, 0.5) is 10.8 Å². The summed E-state index contributed by atoms with van der Waals surface area (Å²) in [7, 11) is 1.71. The predicted octanol–water partition coefficient (Wildman–Crippen LogP) is 3.30. The first-order valence-corrected chi connectivity index (χ1v) is 9.78. The molecule has 154 valence electrons. The second-order valence-electron chi connectivity index (χ2n) is 5.15. The molecule has 0 radical (unpaired) electrons. The predicted molar refractivity (Wildman–Crippen MR) is 123 cm³/mol. The SMILES string of the molecule is C/C(C=O)=N\Nc1ccc2nc(N)sc2c1C.CC.CN=CN/C=C/CCN. The molecule has 0 bridgehead atoms. The third-order valence-corrected chi connectivity index (χ3v) is 4.12. The van der Waals surface area contributed by atoms with E-state index in [-0.39, 0.29) is 0 Å². The molecule has 0 aliphatic rings. The van der Waals surface area contributed by atoms with Crippen molar-refractivity contribution in [1.29, 1.82) is 0 Å². The average molecular weight is 406 g/mol. The number of carbonyl (C=O) groups excluding carboxylic acids is 1. The van der Waals surface area contributed by atoms with Gasteiger partial charge >= 0.3 is 0 Å². The van der Waals surface area contributed by atoms with E-state index < -0.39 is 0 Å². The highest BCUT2D eigenvalue weighted by atomic mass is 32.1. The first-order chi connectivity index (χ1) is 13.5. The maximum atomic E-state index is 10.4. The van der Waals surface area contributed by atoms with Gasteiger partial charge in [0.1, 0.15) is 0 Å². The van der Waals surface area contributed by atoms with Gasteiger partial charge in [-0.25, -0.2) is 4.98 Å². The van der Waals surface area contributed by atoms with E-state index in [9.17, 15) is 4.79 Å². The molecule has 0 unspecified atom stereocenters. The monoisotopic (exact) mass is 405 g/mol. The number of thiazole rings is 1. The summed E-state index contributed by atoms with van der Waals surface area (Å²) in [5, 5.41) is 7.33. The number of carbonyl (C=O) groups is 1. The van der Waals surface area contributed by atoms with Gasteiger partial charge in [0.2, 0.25) is 0 Å². The van der Waals surface area contributed by atoms with Crippen molar-refractivity contribution < 1.29 is 4.79 Å². The first-order valence-electron chi connectivity index (χ1n) is 8.96. The summed E-state index contributed by atoms with van der Waals surface area (Å²) in [5.41, 5.74) is 16.9. The van der Waals surface area contributed by atoms with Crippen molar-refractivity contribution in [2.75, 3.05) is 24.8 Å². The highest BCUT2D eigenvalue weighted by molar-refractivity contribution is 7.22. The number of rotatable bonds is 7. The van der Waals surface area contributed by atoms with E-state index in [0.717, 1.165) is 27.9 Å². The second-order valence-corrected chi connectivity index (χ2v) is 6.19. The molecule has 0 saturated heterocycles. The molecule has 0 fully saturated rings. The van der Waals surface area contributed by atoms with Gasteiger partial charge in [-0.3, -0.25) is 15.2 Å². The third-order valence-electron chi connectivity index (χ3n) is 3.10. The highest BCUT2D eigenvalue weighted by Gasteiger charge is 2.07. The Labute approximate surface area is 170 Å². The van der Waals surface area contributed by atoms with Crippen LogP contribution in [0, 0.1) is 6.92 Å². The topological polar surface area (TPSA) is 131 Å². The molecule has 28 heavy (non-hydrogen) atoms. The van der Waals surface area contributed by atoms with Crippen LogP contribution in [-0.2, 0) is 4.79 Å². The van der Waals surface area contributed by atoms with Gasteiger partial charge in [-0.15, -0.1) is 0 Å². The number of aromatic nitrogens is 1. The normalized spacial score (nSPS) is 11.0. The summed E-state index contributed by atoms with van der Waals surface area (Å²) in [6, 6.07) is 3.75. The summed E-state index contributed by atoms with van der Waals surface area (Å²) >= 11 is 1.44. The van der Waals surface area contributed by atoms with E-state index in [4.69, 9.17) is 11.5 Å². The van der Waals surface area contributed by atoms with Gasteiger partial charge in [-0.05, 0) is 50.7 Å². The smallest absolute Gasteiger partial charge is 0.181 e. The van der Waals surface area contributed by atoms with Crippen LogP contribution in [0.15, 0.2) is 34.5 Å². The minimum absolute atomic E-state index is 0.397. The van der Waals surface area contributed by atoms with Gasteiger partial charge < -0.3 is 16.8 Å². The molecule has 8 nitrogen and oxygen atoms in total. The number of aldehydes is 1. The maximum absolute atomic E-state index is 10.4. The molecule has 1 heterocycles. The number of aliphatic imine (C=N–C) groups is 1. The van der Waals surface area contributed by atoms with Crippen molar-refractivity contribution in [3.63, 3.8) is 0 Å². The molecule has 0 atom stereocenters. The number of nitrogen functional groups attached to an aromatic ring is 1. The Kier molecular flexibility index (Phi) is 13.8. The number of nitrogens with one attached hydrogen (secondary N) is 2. The number of aryl methyl sites for hydroxylation is 1. The number of anilines is 2. The summed E-state index contributed by atoms with van der Waals surface area (Å²) in [6.45, 7) is 8.30. The van der Waals surface area contributed by atoms with Gasteiger partial charge in [-0.2, -0.15) is 5.10 Å². The van der Waals surface area contributed by atoms with Crippen LogP contribution in [0.1, 0.15) is 32.8 Å². The average Bonchev–Trinajstić information content (AvgIpc) is 3.10. The Balaban J connectivity index is 0.000000566. The molecule has 9 heteroatoms. The molecule has 0 aliphatic carbocycles. The van der Waals surface area contributed by atoms with Crippen LogP contribution < -0.4 is 22.2 Å². The molecule has 6 N–H and O–H groups in total. The Bertz CT molecular complexity index is 797. The van der Waals surface area contributed by atoms with Gasteiger partial charge in [0.15, 0.2) is 11.4 Å². The molecule has 0 saturated carbocycles. The van der Waals surface area contributed by atoms with Gasteiger partial charge in [0.05, 0.1) is 28.0 Å². The maximum Gasteiger partial charge on any atom is 0.181 e. The minimum atomic E-state index is 0.397. The lowest BCUT2D eigenvalue weighted by Crippen LogP contribution is -2.01. The van der Waals surface area contributed by atoms with Crippen LogP contribution in [0.2, 0.25) is 0 Å². The van der Waals surface area contributed by atoms with E-state index in [0.29, 0.717) is 23.7 Å².